The van der Waals surface area contributed by atoms with E-state index in [1.54, 1.807) is 24.4 Å². The minimum Gasteiger partial charge on any atom is -0.489 e. The van der Waals surface area contributed by atoms with Crippen molar-refractivity contribution >= 4 is 16.8 Å². The molecule has 1 aromatic heterocycles. The zero-order valence-electron chi connectivity index (χ0n) is 9.81. The predicted octanol–water partition coefficient (Wildman–Crippen LogP) is 2.12. The van der Waals surface area contributed by atoms with E-state index in [4.69, 9.17) is 10.5 Å². The van der Waals surface area contributed by atoms with Crippen LogP contribution in [-0.4, -0.2) is 17.0 Å². The molecule has 1 heterocycles. The smallest absolute Gasteiger partial charge is 0.249 e. The number of amides is 1. The third kappa shape index (κ3) is 2.20. The molecule has 0 atom stereocenters. The Morgan fingerprint density at radius 2 is 2.12 bits per heavy atom. The molecule has 17 heavy (non-hydrogen) atoms. The summed E-state index contributed by atoms with van der Waals surface area (Å²) in [6.45, 7) is 3.88. The average molecular weight is 230 g/mol. The van der Waals surface area contributed by atoms with E-state index in [2.05, 4.69) is 4.98 Å². The highest BCUT2D eigenvalue weighted by molar-refractivity contribution is 6.06. The van der Waals surface area contributed by atoms with E-state index >= 15 is 0 Å². The fraction of sp³-hybridized carbons (Fsp3) is 0.231. The summed E-state index contributed by atoms with van der Waals surface area (Å²) in [6.07, 6.45) is 1.72. The molecule has 0 aliphatic rings. The number of nitrogens with two attached hydrogens (primary N) is 1. The second kappa shape index (κ2) is 4.41. The van der Waals surface area contributed by atoms with Crippen LogP contribution in [0.15, 0.2) is 30.5 Å². The van der Waals surface area contributed by atoms with Gasteiger partial charge in [0, 0.05) is 17.1 Å². The van der Waals surface area contributed by atoms with E-state index in [0.717, 1.165) is 5.39 Å². The molecule has 2 aromatic rings. The number of hydrogen-bond acceptors (Lipinski definition) is 3. The van der Waals surface area contributed by atoms with Crippen molar-refractivity contribution in [1.82, 2.24) is 4.98 Å². The van der Waals surface area contributed by atoms with Gasteiger partial charge in [-0.25, -0.2) is 0 Å². The number of fused-ring (bicyclic) bond motifs is 1. The Morgan fingerprint density at radius 1 is 1.35 bits per heavy atom. The summed E-state index contributed by atoms with van der Waals surface area (Å²) < 4.78 is 5.65. The third-order valence-corrected chi connectivity index (χ3v) is 2.36. The van der Waals surface area contributed by atoms with Crippen molar-refractivity contribution in [2.45, 2.75) is 20.0 Å². The Bertz CT molecular complexity index is 564. The Kier molecular flexibility index (Phi) is 2.95. The van der Waals surface area contributed by atoms with E-state index in [9.17, 15) is 4.79 Å². The molecular formula is C13H14N2O2. The minimum atomic E-state index is -0.459. The molecule has 0 saturated carbocycles. The molecule has 1 amide bonds. The van der Waals surface area contributed by atoms with Crippen LogP contribution in [-0.2, 0) is 0 Å². The molecule has 0 radical (unpaired) electrons. The minimum absolute atomic E-state index is 0.0552. The highest BCUT2D eigenvalue weighted by Crippen LogP contribution is 2.27. The second-order valence-electron chi connectivity index (χ2n) is 4.04. The number of primary amides is 1. The molecule has 0 spiro atoms. The molecule has 2 N–H and O–H groups in total. The summed E-state index contributed by atoms with van der Waals surface area (Å²) in [5.74, 6) is 0.208. The number of ether oxygens (including phenoxy) is 1. The van der Waals surface area contributed by atoms with Gasteiger partial charge in [-0.2, -0.15) is 0 Å². The van der Waals surface area contributed by atoms with Gasteiger partial charge in [0.1, 0.15) is 11.3 Å². The van der Waals surface area contributed by atoms with Crippen LogP contribution in [0, 0.1) is 0 Å². The van der Waals surface area contributed by atoms with Crippen LogP contribution in [0.4, 0.5) is 0 Å². The maximum atomic E-state index is 11.3. The van der Waals surface area contributed by atoms with E-state index in [1.807, 2.05) is 19.9 Å². The third-order valence-electron chi connectivity index (χ3n) is 2.36. The van der Waals surface area contributed by atoms with Gasteiger partial charge in [0.2, 0.25) is 5.91 Å². The fourth-order valence-electron chi connectivity index (χ4n) is 1.71. The lowest BCUT2D eigenvalue weighted by Crippen LogP contribution is -2.12. The Labute approximate surface area is 99.4 Å². The Balaban J connectivity index is 2.66. The van der Waals surface area contributed by atoms with E-state index in [0.29, 0.717) is 16.8 Å². The van der Waals surface area contributed by atoms with Gasteiger partial charge in [0.15, 0.2) is 0 Å². The summed E-state index contributed by atoms with van der Waals surface area (Å²) in [6, 6.07) is 6.99. The van der Waals surface area contributed by atoms with Crippen LogP contribution in [0.2, 0.25) is 0 Å². The van der Waals surface area contributed by atoms with Crippen LogP contribution in [0.1, 0.15) is 24.2 Å². The van der Waals surface area contributed by atoms with Crippen molar-refractivity contribution in [2.75, 3.05) is 0 Å². The molecule has 0 unspecified atom stereocenters. The SMILES string of the molecule is CC(C)Oc1ccc(C(N)=O)c2cccnc12. The molecule has 1 aromatic carbocycles. The molecule has 2 rings (SSSR count). The van der Waals surface area contributed by atoms with Crippen molar-refractivity contribution < 1.29 is 9.53 Å². The topological polar surface area (TPSA) is 65.2 Å². The second-order valence-corrected chi connectivity index (χ2v) is 4.04. The molecule has 0 aliphatic heterocycles. The van der Waals surface area contributed by atoms with Gasteiger partial charge < -0.3 is 10.5 Å². The first kappa shape index (κ1) is 11.4. The lowest BCUT2D eigenvalue weighted by Gasteiger charge is -2.12. The maximum absolute atomic E-state index is 11.3. The van der Waals surface area contributed by atoms with Crippen LogP contribution in [0.3, 0.4) is 0 Å². The molecule has 0 bridgehead atoms. The van der Waals surface area contributed by atoms with Crippen molar-refractivity contribution in [1.29, 1.82) is 0 Å². The van der Waals surface area contributed by atoms with Crippen LogP contribution < -0.4 is 10.5 Å². The van der Waals surface area contributed by atoms with Crippen molar-refractivity contribution in [3.05, 3.63) is 36.0 Å². The van der Waals surface area contributed by atoms with Crippen molar-refractivity contribution in [3.63, 3.8) is 0 Å². The summed E-state index contributed by atoms with van der Waals surface area (Å²) >= 11 is 0. The lowest BCUT2D eigenvalue weighted by molar-refractivity contribution is 0.100. The molecular weight excluding hydrogens is 216 g/mol. The number of carbonyl (C=O) groups is 1. The average Bonchev–Trinajstić information content (AvgIpc) is 2.28. The molecule has 4 heteroatoms. The molecule has 4 nitrogen and oxygen atoms in total. The summed E-state index contributed by atoms with van der Waals surface area (Å²) in [7, 11) is 0. The molecule has 0 aliphatic carbocycles. The standard InChI is InChI=1S/C13H14N2O2/c1-8(2)17-11-6-5-10(13(14)16)9-4-3-7-15-12(9)11/h3-8H,1-2H3,(H2,14,16). The first-order valence-corrected chi connectivity index (χ1v) is 5.44. The molecule has 88 valence electrons. The van der Waals surface area contributed by atoms with Crippen molar-refractivity contribution in [3.8, 4) is 5.75 Å². The van der Waals surface area contributed by atoms with Crippen LogP contribution in [0.25, 0.3) is 10.9 Å². The zero-order valence-corrected chi connectivity index (χ0v) is 9.81. The van der Waals surface area contributed by atoms with E-state index in [-0.39, 0.29) is 6.10 Å². The fourth-order valence-corrected chi connectivity index (χ4v) is 1.71. The summed E-state index contributed by atoms with van der Waals surface area (Å²) in [4.78, 5) is 15.5. The normalized spacial score (nSPS) is 10.8. The van der Waals surface area contributed by atoms with Crippen molar-refractivity contribution in [2.24, 2.45) is 5.73 Å². The summed E-state index contributed by atoms with van der Waals surface area (Å²) in [5.41, 5.74) is 6.45. The zero-order chi connectivity index (χ0) is 12.4. The van der Waals surface area contributed by atoms with Gasteiger partial charge in [-0.05, 0) is 32.0 Å². The van der Waals surface area contributed by atoms with E-state index < -0.39 is 5.91 Å². The largest absolute Gasteiger partial charge is 0.489 e. The van der Waals surface area contributed by atoms with Gasteiger partial charge in [-0.3, -0.25) is 9.78 Å². The number of carbonyl (C=O) groups excluding carboxylic acids is 1. The van der Waals surface area contributed by atoms with Gasteiger partial charge in [-0.1, -0.05) is 6.07 Å². The number of rotatable bonds is 3. The monoisotopic (exact) mass is 230 g/mol. The first-order valence-electron chi connectivity index (χ1n) is 5.44. The van der Waals surface area contributed by atoms with Gasteiger partial charge in [0.25, 0.3) is 0 Å². The van der Waals surface area contributed by atoms with Gasteiger partial charge in [-0.15, -0.1) is 0 Å². The van der Waals surface area contributed by atoms with Crippen LogP contribution >= 0.6 is 0 Å². The lowest BCUT2D eigenvalue weighted by atomic mass is 10.1. The number of nitrogens with zero attached hydrogens (tertiary/aromatic N) is 1. The summed E-state index contributed by atoms with van der Waals surface area (Å²) in [5, 5.41) is 0.721. The quantitative estimate of drug-likeness (QED) is 0.878. The number of pyridine rings is 1. The van der Waals surface area contributed by atoms with Gasteiger partial charge in [0.05, 0.1) is 6.10 Å². The highest BCUT2D eigenvalue weighted by Gasteiger charge is 2.11. The van der Waals surface area contributed by atoms with Crippen LogP contribution in [0.5, 0.6) is 5.75 Å². The number of hydrogen-bond donors (Lipinski definition) is 1. The highest BCUT2D eigenvalue weighted by atomic mass is 16.5. The van der Waals surface area contributed by atoms with E-state index in [1.165, 1.54) is 0 Å². The maximum Gasteiger partial charge on any atom is 0.249 e. The van der Waals surface area contributed by atoms with Gasteiger partial charge >= 0.3 is 0 Å². The number of benzene rings is 1. The first-order chi connectivity index (χ1) is 8.09. The Morgan fingerprint density at radius 3 is 2.76 bits per heavy atom. The number of aromatic nitrogens is 1. The molecule has 0 fully saturated rings. The molecule has 0 saturated heterocycles. The Hall–Kier alpha value is -2.10. The predicted molar refractivity (Wildman–Crippen MR) is 66.0 cm³/mol.